The summed E-state index contributed by atoms with van der Waals surface area (Å²) < 4.78 is 5.82. The van der Waals surface area contributed by atoms with Crippen molar-refractivity contribution >= 4 is 5.91 Å². The molecule has 3 N–H and O–H groups in total. The Morgan fingerprint density at radius 2 is 2.05 bits per heavy atom. The third-order valence-electron chi connectivity index (χ3n) is 3.89. The number of ether oxygens (including phenoxy) is 1. The van der Waals surface area contributed by atoms with Crippen molar-refractivity contribution in [3.05, 3.63) is 29.8 Å². The van der Waals surface area contributed by atoms with Crippen molar-refractivity contribution in [1.82, 2.24) is 5.32 Å². The van der Waals surface area contributed by atoms with Crippen molar-refractivity contribution in [3.8, 4) is 5.75 Å². The van der Waals surface area contributed by atoms with E-state index in [2.05, 4.69) is 12.2 Å². The van der Waals surface area contributed by atoms with Crippen molar-refractivity contribution in [2.24, 2.45) is 11.7 Å². The van der Waals surface area contributed by atoms with E-state index in [-0.39, 0.29) is 5.91 Å². The van der Waals surface area contributed by atoms with E-state index in [1.54, 1.807) is 0 Å². The highest BCUT2D eigenvalue weighted by molar-refractivity contribution is 5.85. The maximum absolute atomic E-state index is 12.0. The second-order valence-electron chi connectivity index (χ2n) is 5.64. The molecule has 1 unspecified atom stereocenters. The number of hydrogen-bond donors (Lipinski definition) is 2. The SMILES string of the molecule is CCCNC(COc1ccc(C)cc1)(C(N)=O)C1CC1. The van der Waals surface area contributed by atoms with Gasteiger partial charge in [0.05, 0.1) is 0 Å². The lowest BCUT2D eigenvalue weighted by Crippen LogP contribution is -2.61. The van der Waals surface area contributed by atoms with Gasteiger partial charge in [0.1, 0.15) is 17.9 Å². The minimum Gasteiger partial charge on any atom is -0.491 e. The zero-order valence-corrected chi connectivity index (χ0v) is 12.3. The molecule has 0 bridgehead atoms. The topological polar surface area (TPSA) is 64.3 Å². The molecular weight excluding hydrogens is 252 g/mol. The molecular formula is C16H24N2O2. The van der Waals surface area contributed by atoms with Crippen LogP contribution in [-0.2, 0) is 4.79 Å². The second kappa shape index (κ2) is 6.27. The van der Waals surface area contributed by atoms with Gasteiger partial charge in [-0.3, -0.25) is 4.79 Å². The van der Waals surface area contributed by atoms with Crippen LogP contribution in [0.2, 0.25) is 0 Å². The molecule has 0 aromatic heterocycles. The molecule has 1 saturated carbocycles. The van der Waals surface area contributed by atoms with Crippen molar-refractivity contribution in [2.45, 2.75) is 38.6 Å². The molecule has 2 rings (SSSR count). The van der Waals surface area contributed by atoms with Crippen LogP contribution in [0.5, 0.6) is 5.75 Å². The predicted molar refractivity (Wildman–Crippen MR) is 79.6 cm³/mol. The second-order valence-corrected chi connectivity index (χ2v) is 5.64. The Morgan fingerprint density at radius 1 is 1.40 bits per heavy atom. The van der Waals surface area contributed by atoms with Crippen LogP contribution >= 0.6 is 0 Å². The van der Waals surface area contributed by atoms with Gasteiger partial charge in [-0.05, 0) is 50.8 Å². The van der Waals surface area contributed by atoms with Crippen molar-refractivity contribution in [1.29, 1.82) is 0 Å². The van der Waals surface area contributed by atoms with Crippen molar-refractivity contribution in [3.63, 3.8) is 0 Å². The highest BCUT2D eigenvalue weighted by atomic mass is 16.5. The fraction of sp³-hybridized carbons (Fsp3) is 0.562. The first-order valence-corrected chi connectivity index (χ1v) is 7.33. The average molecular weight is 276 g/mol. The molecule has 1 atom stereocenters. The van der Waals surface area contributed by atoms with E-state index in [0.717, 1.165) is 31.6 Å². The summed E-state index contributed by atoms with van der Waals surface area (Å²) in [6.45, 7) is 5.18. The van der Waals surface area contributed by atoms with Crippen LogP contribution in [0.15, 0.2) is 24.3 Å². The molecule has 20 heavy (non-hydrogen) atoms. The van der Waals surface area contributed by atoms with Crippen LogP contribution in [-0.4, -0.2) is 24.6 Å². The number of nitrogens with one attached hydrogen (secondary N) is 1. The van der Waals surface area contributed by atoms with E-state index in [4.69, 9.17) is 10.5 Å². The minimum atomic E-state index is -0.721. The Labute approximate surface area is 120 Å². The Kier molecular flexibility index (Phi) is 4.65. The standard InChI is InChI=1S/C16H24N2O2/c1-3-10-18-16(15(17)19,13-6-7-13)11-20-14-8-4-12(2)5-9-14/h4-5,8-9,13,18H,3,6-7,10-11H2,1-2H3,(H2,17,19). The van der Waals surface area contributed by atoms with Crippen molar-refractivity contribution in [2.75, 3.05) is 13.2 Å². The summed E-state index contributed by atoms with van der Waals surface area (Å²) in [5, 5.41) is 3.33. The molecule has 1 aromatic carbocycles. The van der Waals surface area contributed by atoms with E-state index in [1.807, 2.05) is 31.2 Å². The lowest BCUT2D eigenvalue weighted by atomic mass is 9.93. The fourth-order valence-electron chi connectivity index (χ4n) is 2.43. The summed E-state index contributed by atoms with van der Waals surface area (Å²) in [6.07, 6.45) is 3.04. The van der Waals surface area contributed by atoms with Crippen LogP contribution in [0, 0.1) is 12.8 Å². The van der Waals surface area contributed by atoms with Crippen molar-refractivity contribution < 1.29 is 9.53 Å². The first-order chi connectivity index (χ1) is 9.58. The molecule has 1 amide bonds. The summed E-state index contributed by atoms with van der Waals surface area (Å²) in [5.41, 5.74) is 6.12. The van der Waals surface area contributed by atoms with Gasteiger partial charge in [-0.1, -0.05) is 24.6 Å². The Bertz CT molecular complexity index is 454. The fourth-order valence-corrected chi connectivity index (χ4v) is 2.43. The molecule has 0 aliphatic heterocycles. The maximum atomic E-state index is 12.0. The molecule has 4 heteroatoms. The number of carbonyl (C=O) groups excluding carboxylic acids is 1. The van der Waals surface area contributed by atoms with Crippen LogP contribution in [0.1, 0.15) is 31.7 Å². The number of benzene rings is 1. The van der Waals surface area contributed by atoms with Gasteiger partial charge in [-0.25, -0.2) is 0 Å². The molecule has 0 saturated heterocycles. The lowest BCUT2D eigenvalue weighted by molar-refractivity contribution is -0.126. The van der Waals surface area contributed by atoms with Gasteiger partial charge in [-0.2, -0.15) is 0 Å². The third-order valence-corrected chi connectivity index (χ3v) is 3.89. The summed E-state index contributed by atoms with van der Waals surface area (Å²) >= 11 is 0. The Morgan fingerprint density at radius 3 is 2.55 bits per heavy atom. The molecule has 1 aromatic rings. The highest BCUT2D eigenvalue weighted by Crippen LogP contribution is 2.40. The Hall–Kier alpha value is -1.55. The van der Waals surface area contributed by atoms with E-state index < -0.39 is 5.54 Å². The van der Waals surface area contributed by atoms with E-state index in [9.17, 15) is 4.79 Å². The van der Waals surface area contributed by atoms with Gasteiger partial charge in [0, 0.05) is 0 Å². The number of primary amides is 1. The van der Waals surface area contributed by atoms with Gasteiger partial charge in [0.15, 0.2) is 0 Å². The maximum Gasteiger partial charge on any atom is 0.241 e. The summed E-state index contributed by atoms with van der Waals surface area (Å²) in [7, 11) is 0. The van der Waals surface area contributed by atoms with Crippen LogP contribution in [0.3, 0.4) is 0 Å². The van der Waals surface area contributed by atoms with Crippen LogP contribution < -0.4 is 15.8 Å². The number of nitrogens with two attached hydrogens (primary N) is 1. The van der Waals surface area contributed by atoms with Crippen LogP contribution in [0.25, 0.3) is 0 Å². The van der Waals surface area contributed by atoms with Gasteiger partial charge < -0.3 is 15.8 Å². The third kappa shape index (κ3) is 3.31. The van der Waals surface area contributed by atoms with Gasteiger partial charge >= 0.3 is 0 Å². The number of amides is 1. The smallest absolute Gasteiger partial charge is 0.241 e. The molecule has 1 aliphatic carbocycles. The Balaban J connectivity index is 2.06. The monoisotopic (exact) mass is 276 g/mol. The average Bonchev–Trinajstić information content (AvgIpc) is 3.26. The first kappa shape index (κ1) is 14.9. The number of rotatable bonds is 8. The minimum absolute atomic E-state index is 0.302. The van der Waals surface area contributed by atoms with E-state index >= 15 is 0 Å². The number of aryl methyl sites for hydroxylation is 1. The number of hydrogen-bond acceptors (Lipinski definition) is 3. The largest absolute Gasteiger partial charge is 0.491 e. The predicted octanol–water partition coefficient (Wildman–Crippen LogP) is 2.01. The molecule has 0 heterocycles. The quantitative estimate of drug-likeness (QED) is 0.763. The van der Waals surface area contributed by atoms with Gasteiger partial charge in [-0.15, -0.1) is 0 Å². The van der Waals surface area contributed by atoms with Crippen LogP contribution in [0.4, 0.5) is 0 Å². The molecule has 1 fully saturated rings. The molecule has 4 nitrogen and oxygen atoms in total. The molecule has 0 radical (unpaired) electrons. The summed E-state index contributed by atoms with van der Waals surface area (Å²) in [5.74, 6) is 0.776. The zero-order chi connectivity index (χ0) is 14.6. The zero-order valence-electron chi connectivity index (χ0n) is 12.3. The van der Waals surface area contributed by atoms with Gasteiger partial charge in [0.2, 0.25) is 5.91 Å². The highest BCUT2D eigenvalue weighted by Gasteiger charge is 2.50. The van der Waals surface area contributed by atoms with E-state index in [0.29, 0.717) is 12.5 Å². The summed E-state index contributed by atoms with van der Waals surface area (Å²) in [6, 6.07) is 7.84. The van der Waals surface area contributed by atoms with E-state index in [1.165, 1.54) is 5.56 Å². The van der Waals surface area contributed by atoms with Gasteiger partial charge in [0.25, 0.3) is 0 Å². The first-order valence-electron chi connectivity index (χ1n) is 7.33. The lowest BCUT2D eigenvalue weighted by Gasteiger charge is -2.31. The molecule has 0 spiro atoms. The molecule has 110 valence electrons. The normalized spacial score (nSPS) is 17.5. The summed E-state index contributed by atoms with van der Waals surface area (Å²) in [4.78, 5) is 12.0. The number of carbonyl (C=O) groups is 1. The molecule has 1 aliphatic rings.